The van der Waals surface area contributed by atoms with Gasteiger partial charge in [0.2, 0.25) is 0 Å². The van der Waals surface area contributed by atoms with Crippen molar-refractivity contribution in [2.75, 3.05) is 0 Å². The molecule has 0 bridgehead atoms. The number of hydrogen-bond donors (Lipinski definition) is 0. The van der Waals surface area contributed by atoms with Gasteiger partial charge in [-0.15, -0.1) is 10.2 Å². The first-order valence-electron chi connectivity index (χ1n) is 10.1. The molecule has 160 valence electrons. The Hall–Kier alpha value is -3.15. The number of aromatic nitrogens is 3. The van der Waals surface area contributed by atoms with E-state index in [4.69, 9.17) is 4.74 Å². The van der Waals surface area contributed by atoms with Crippen LogP contribution in [0.25, 0.3) is 5.65 Å². The summed E-state index contributed by atoms with van der Waals surface area (Å²) in [7, 11) is 0. The highest BCUT2D eigenvalue weighted by Crippen LogP contribution is 2.47. The van der Waals surface area contributed by atoms with Crippen LogP contribution >= 0.6 is 0 Å². The Labute approximate surface area is 175 Å². The Morgan fingerprint density at radius 3 is 2.45 bits per heavy atom. The van der Waals surface area contributed by atoms with Crippen LogP contribution in [0.1, 0.15) is 42.6 Å². The minimum atomic E-state index is -4.67. The lowest BCUT2D eigenvalue weighted by Crippen LogP contribution is -2.46. The van der Waals surface area contributed by atoms with Gasteiger partial charge < -0.3 is 4.74 Å². The topological polar surface area (TPSA) is 63.2 Å². The Morgan fingerprint density at radius 1 is 1.13 bits per heavy atom. The third-order valence-electron chi connectivity index (χ3n) is 6.12. The fourth-order valence-electron chi connectivity index (χ4n) is 4.21. The monoisotopic (exact) mass is 430 g/mol. The van der Waals surface area contributed by atoms with Crippen molar-refractivity contribution in [2.45, 2.75) is 49.8 Å². The molecular weight excluding hydrogens is 412 g/mol. The van der Waals surface area contributed by atoms with Gasteiger partial charge in [0, 0.05) is 25.5 Å². The summed E-state index contributed by atoms with van der Waals surface area (Å²) in [4.78, 5) is 0. The predicted molar refractivity (Wildman–Crippen MR) is 102 cm³/mol. The van der Waals surface area contributed by atoms with Gasteiger partial charge in [0.1, 0.15) is 29.1 Å². The molecule has 2 aromatic heterocycles. The second kappa shape index (κ2) is 6.94. The molecule has 31 heavy (non-hydrogen) atoms. The number of pyridine rings is 1. The van der Waals surface area contributed by atoms with Crippen LogP contribution in [0, 0.1) is 23.1 Å². The molecule has 0 atom stereocenters. The fourth-order valence-corrected chi connectivity index (χ4v) is 4.21. The average molecular weight is 430 g/mol. The molecule has 0 unspecified atom stereocenters. The van der Waals surface area contributed by atoms with E-state index in [0.29, 0.717) is 23.7 Å². The molecule has 0 saturated heterocycles. The van der Waals surface area contributed by atoms with Crippen LogP contribution in [0.2, 0.25) is 0 Å². The summed E-state index contributed by atoms with van der Waals surface area (Å²) in [5, 5.41) is 17.4. The van der Waals surface area contributed by atoms with Gasteiger partial charge in [-0.05, 0) is 42.5 Å². The largest absolute Gasteiger partial charge is 0.489 e. The number of ether oxygens (including phenoxy) is 1. The van der Waals surface area contributed by atoms with E-state index in [1.165, 1.54) is 40.9 Å². The normalized spacial score (nSPS) is 23.4. The molecule has 5 nitrogen and oxygen atoms in total. The molecule has 3 aromatic rings. The minimum absolute atomic E-state index is 0.219. The van der Waals surface area contributed by atoms with Crippen molar-refractivity contribution in [3.63, 3.8) is 0 Å². The summed E-state index contributed by atoms with van der Waals surface area (Å²) in [6.45, 7) is 0. The third-order valence-corrected chi connectivity index (χ3v) is 6.12. The smallest absolute Gasteiger partial charge is 0.423 e. The number of alkyl halides is 3. The zero-order chi connectivity index (χ0) is 21.8. The number of nitriles is 1. The number of halogens is 4. The van der Waals surface area contributed by atoms with E-state index in [2.05, 4.69) is 16.3 Å². The molecule has 1 aromatic carbocycles. The molecule has 0 N–H and O–H groups in total. The lowest BCUT2D eigenvalue weighted by atomic mass is 9.63. The lowest BCUT2D eigenvalue weighted by molar-refractivity contribution is -0.138. The minimum Gasteiger partial charge on any atom is -0.489 e. The van der Waals surface area contributed by atoms with Crippen LogP contribution in [-0.4, -0.2) is 20.7 Å². The van der Waals surface area contributed by atoms with E-state index in [-0.39, 0.29) is 24.2 Å². The molecule has 2 aliphatic carbocycles. The Bertz CT molecular complexity index is 1170. The summed E-state index contributed by atoms with van der Waals surface area (Å²) in [5.41, 5.74) is -1.50. The summed E-state index contributed by atoms with van der Waals surface area (Å²) in [6.07, 6.45) is -0.583. The summed E-state index contributed by atoms with van der Waals surface area (Å²) in [5.74, 6) is 0.235. The number of hydrogen-bond acceptors (Lipinski definition) is 4. The van der Waals surface area contributed by atoms with Crippen molar-refractivity contribution in [3.05, 3.63) is 59.3 Å². The molecule has 0 amide bonds. The molecular formula is C22H18F4N4O. The highest BCUT2D eigenvalue weighted by Gasteiger charge is 2.49. The third kappa shape index (κ3) is 3.50. The molecule has 0 spiro atoms. The second-order valence-electron chi connectivity index (χ2n) is 8.36. The van der Waals surface area contributed by atoms with Crippen LogP contribution in [0.4, 0.5) is 17.6 Å². The fraction of sp³-hybridized carbons (Fsp3) is 0.409. The highest BCUT2D eigenvalue weighted by molar-refractivity contribution is 5.57. The van der Waals surface area contributed by atoms with E-state index in [0.717, 1.165) is 12.8 Å². The van der Waals surface area contributed by atoms with Crippen LogP contribution in [0.3, 0.4) is 0 Å². The van der Waals surface area contributed by atoms with E-state index in [9.17, 15) is 22.8 Å². The Morgan fingerprint density at radius 2 is 1.84 bits per heavy atom. The molecule has 2 fully saturated rings. The van der Waals surface area contributed by atoms with Gasteiger partial charge in [-0.25, -0.2) is 4.39 Å². The summed E-state index contributed by atoms with van der Waals surface area (Å²) in [6, 6.07) is 9.10. The maximum absolute atomic E-state index is 13.9. The van der Waals surface area contributed by atoms with Crippen LogP contribution in [0.5, 0.6) is 5.75 Å². The second-order valence-corrected chi connectivity index (χ2v) is 8.36. The van der Waals surface area contributed by atoms with Gasteiger partial charge in [0.15, 0.2) is 5.65 Å². The standard InChI is InChI=1S/C22H18F4N4O/c23-15-5-3-14(4-6-15)21(12-27)10-16(11-21)31-17-7-8-30-18(9-13-1-2-13)28-29-20(30)19(17)22(24,25)26/h3-8,13,16H,1-2,9-11H2. The van der Waals surface area contributed by atoms with Gasteiger partial charge >= 0.3 is 6.18 Å². The van der Waals surface area contributed by atoms with Crippen molar-refractivity contribution in [2.24, 2.45) is 5.92 Å². The van der Waals surface area contributed by atoms with Crippen molar-refractivity contribution in [3.8, 4) is 11.8 Å². The van der Waals surface area contributed by atoms with Gasteiger partial charge in [-0.3, -0.25) is 4.40 Å². The van der Waals surface area contributed by atoms with Gasteiger partial charge in [-0.1, -0.05) is 12.1 Å². The molecule has 2 aliphatic rings. The molecule has 0 radical (unpaired) electrons. The number of rotatable bonds is 5. The number of fused-ring (bicyclic) bond motifs is 1. The molecule has 9 heteroatoms. The van der Waals surface area contributed by atoms with Gasteiger partial charge in [0.05, 0.1) is 11.5 Å². The number of benzene rings is 1. The van der Waals surface area contributed by atoms with Crippen LogP contribution in [0.15, 0.2) is 36.5 Å². The zero-order valence-corrected chi connectivity index (χ0v) is 16.4. The SMILES string of the molecule is N#CC1(c2ccc(F)cc2)CC(Oc2ccn3c(CC4CC4)nnc3c2C(F)(F)F)C1. The summed E-state index contributed by atoms with van der Waals surface area (Å²) < 4.78 is 62.0. The zero-order valence-electron chi connectivity index (χ0n) is 16.4. The van der Waals surface area contributed by atoms with Crippen LogP contribution < -0.4 is 4.74 Å². The maximum Gasteiger partial charge on any atom is 0.423 e. The van der Waals surface area contributed by atoms with Crippen LogP contribution in [-0.2, 0) is 18.0 Å². The average Bonchev–Trinajstić information content (AvgIpc) is 3.43. The molecule has 5 rings (SSSR count). The molecule has 2 heterocycles. The highest BCUT2D eigenvalue weighted by atomic mass is 19.4. The van der Waals surface area contributed by atoms with Gasteiger partial charge in [0.25, 0.3) is 0 Å². The van der Waals surface area contributed by atoms with E-state index >= 15 is 0 Å². The molecule has 2 saturated carbocycles. The van der Waals surface area contributed by atoms with Crippen molar-refractivity contribution in [1.29, 1.82) is 5.26 Å². The first-order valence-corrected chi connectivity index (χ1v) is 10.1. The van der Waals surface area contributed by atoms with Crippen molar-refractivity contribution in [1.82, 2.24) is 14.6 Å². The quantitative estimate of drug-likeness (QED) is 0.544. The van der Waals surface area contributed by atoms with Gasteiger partial charge in [-0.2, -0.15) is 18.4 Å². The summed E-state index contributed by atoms with van der Waals surface area (Å²) >= 11 is 0. The number of nitrogens with zero attached hydrogens (tertiary/aromatic N) is 4. The predicted octanol–water partition coefficient (Wildman–Crippen LogP) is 4.84. The Balaban J connectivity index is 1.42. The lowest BCUT2D eigenvalue weighted by Gasteiger charge is -2.42. The first-order chi connectivity index (χ1) is 14.8. The van der Waals surface area contributed by atoms with E-state index < -0.39 is 29.1 Å². The van der Waals surface area contributed by atoms with E-state index in [1.54, 1.807) is 0 Å². The first kappa shape index (κ1) is 19.8. The van der Waals surface area contributed by atoms with Crippen molar-refractivity contribution >= 4 is 5.65 Å². The van der Waals surface area contributed by atoms with Crippen molar-refractivity contribution < 1.29 is 22.3 Å². The Kier molecular flexibility index (Phi) is 4.43. The molecule has 0 aliphatic heterocycles. The maximum atomic E-state index is 13.9. The van der Waals surface area contributed by atoms with E-state index in [1.807, 2.05) is 0 Å².